The van der Waals surface area contributed by atoms with E-state index in [0.29, 0.717) is 6.61 Å². The fraction of sp³-hybridized carbons (Fsp3) is 0.125. The van der Waals surface area contributed by atoms with Gasteiger partial charge in [0.1, 0.15) is 6.61 Å². The molecule has 0 bridgehead atoms. The number of halogens is 1. The Bertz CT molecular complexity index is 718. The fourth-order valence-electron chi connectivity index (χ4n) is 2.16. The lowest BCUT2D eigenvalue weighted by Crippen LogP contribution is -1.97. The summed E-state index contributed by atoms with van der Waals surface area (Å²) in [6.45, 7) is 2.38. The number of para-hydroxylation sites is 2. The Hall–Kier alpha value is -2.29. The highest BCUT2D eigenvalue weighted by molar-refractivity contribution is 5.83. The number of hydrogen-bond acceptors (Lipinski definition) is 1. The van der Waals surface area contributed by atoms with Crippen molar-refractivity contribution in [2.24, 2.45) is 0 Å². The maximum atomic E-state index is 13.4. The molecule has 0 saturated heterocycles. The third-order valence-corrected chi connectivity index (χ3v) is 3.14. The van der Waals surface area contributed by atoms with Gasteiger partial charge < -0.3 is 9.72 Å². The van der Waals surface area contributed by atoms with Gasteiger partial charge in [0.2, 0.25) is 0 Å². The molecule has 1 heterocycles. The molecular weight excluding hydrogens is 241 g/mol. The standard InChI is InChI=1S/C16H14FNO/c1-11-5-4-6-12-9-13(18-16(11)12)10-19-15-8-3-2-7-14(15)17/h2-9,18H,10H2,1H3. The highest BCUT2D eigenvalue weighted by atomic mass is 19.1. The van der Waals surface area contributed by atoms with Crippen LogP contribution in [0.2, 0.25) is 0 Å². The van der Waals surface area contributed by atoms with Gasteiger partial charge in [-0.2, -0.15) is 0 Å². The summed E-state index contributed by atoms with van der Waals surface area (Å²) >= 11 is 0. The second kappa shape index (κ2) is 4.76. The molecule has 2 nitrogen and oxygen atoms in total. The Balaban J connectivity index is 1.83. The lowest BCUT2D eigenvalue weighted by atomic mass is 10.2. The highest BCUT2D eigenvalue weighted by Gasteiger charge is 2.05. The van der Waals surface area contributed by atoms with Crippen molar-refractivity contribution in [1.29, 1.82) is 0 Å². The van der Waals surface area contributed by atoms with Crippen molar-refractivity contribution in [3.8, 4) is 5.75 Å². The van der Waals surface area contributed by atoms with Crippen molar-refractivity contribution < 1.29 is 9.13 Å². The zero-order valence-electron chi connectivity index (χ0n) is 10.6. The van der Waals surface area contributed by atoms with Crippen LogP contribution < -0.4 is 4.74 Å². The number of H-pyrrole nitrogens is 1. The molecule has 1 aromatic heterocycles. The summed E-state index contributed by atoms with van der Waals surface area (Å²) in [5.41, 5.74) is 3.23. The van der Waals surface area contributed by atoms with E-state index in [9.17, 15) is 4.39 Å². The molecule has 2 aromatic carbocycles. The summed E-state index contributed by atoms with van der Waals surface area (Å²) in [7, 11) is 0. The van der Waals surface area contributed by atoms with Gasteiger partial charge >= 0.3 is 0 Å². The van der Waals surface area contributed by atoms with Crippen molar-refractivity contribution in [1.82, 2.24) is 4.98 Å². The fourth-order valence-corrected chi connectivity index (χ4v) is 2.16. The van der Waals surface area contributed by atoms with Crippen LogP contribution in [0.1, 0.15) is 11.3 Å². The topological polar surface area (TPSA) is 25.0 Å². The lowest BCUT2D eigenvalue weighted by molar-refractivity contribution is 0.287. The summed E-state index contributed by atoms with van der Waals surface area (Å²) in [4.78, 5) is 3.31. The molecule has 0 unspecified atom stereocenters. The van der Waals surface area contributed by atoms with Crippen LogP contribution in [0.4, 0.5) is 4.39 Å². The number of nitrogens with one attached hydrogen (secondary N) is 1. The first kappa shape index (κ1) is 11.8. The smallest absolute Gasteiger partial charge is 0.165 e. The number of aromatic amines is 1. The number of hydrogen-bond donors (Lipinski definition) is 1. The lowest BCUT2D eigenvalue weighted by Gasteiger charge is -2.05. The minimum Gasteiger partial charge on any atom is -0.484 e. The summed E-state index contributed by atoms with van der Waals surface area (Å²) in [5, 5.41) is 1.15. The molecule has 0 saturated carbocycles. The van der Waals surface area contributed by atoms with Gasteiger partial charge in [0, 0.05) is 10.9 Å². The average Bonchev–Trinajstić information content (AvgIpc) is 2.82. The number of aryl methyl sites for hydroxylation is 1. The Labute approximate surface area is 110 Å². The van der Waals surface area contributed by atoms with E-state index in [4.69, 9.17) is 4.74 Å². The van der Waals surface area contributed by atoms with Crippen LogP contribution in [0.5, 0.6) is 5.75 Å². The summed E-state index contributed by atoms with van der Waals surface area (Å²) in [6, 6.07) is 14.6. The van der Waals surface area contributed by atoms with E-state index >= 15 is 0 Å². The molecule has 3 heteroatoms. The van der Waals surface area contributed by atoms with Crippen LogP contribution in [0.25, 0.3) is 10.9 Å². The van der Waals surface area contributed by atoms with Crippen molar-refractivity contribution in [2.45, 2.75) is 13.5 Å². The first-order valence-electron chi connectivity index (χ1n) is 6.18. The predicted molar refractivity (Wildman–Crippen MR) is 73.8 cm³/mol. The molecule has 0 fully saturated rings. The molecule has 96 valence electrons. The third kappa shape index (κ3) is 2.32. The number of ether oxygens (including phenoxy) is 1. The van der Waals surface area contributed by atoms with Crippen LogP contribution in [0.15, 0.2) is 48.5 Å². The summed E-state index contributed by atoms with van der Waals surface area (Å²) in [5.74, 6) is -0.0623. The first-order valence-corrected chi connectivity index (χ1v) is 6.18. The molecule has 0 aliphatic carbocycles. The van der Waals surface area contributed by atoms with E-state index in [0.717, 1.165) is 16.6 Å². The molecule has 0 aliphatic heterocycles. The van der Waals surface area contributed by atoms with Gasteiger partial charge in [0.15, 0.2) is 11.6 Å². The third-order valence-electron chi connectivity index (χ3n) is 3.14. The van der Waals surface area contributed by atoms with Crippen LogP contribution in [0, 0.1) is 12.7 Å². The molecule has 0 aliphatic rings. The molecule has 0 atom stereocenters. The van der Waals surface area contributed by atoms with Crippen LogP contribution in [-0.2, 0) is 6.61 Å². The first-order chi connectivity index (χ1) is 9.24. The Morgan fingerprint density at radius 1 is 1.11 bits per heavy atom. The highest BCUT2D eigenvalue weighted by Crippen LogP contribution is 2.21. The molecule has 19 heavy (non-hydrogen) atoms. The maximum Gasteiger partial charge on any atom is 0.165 e. The van der Waals surface area contributed by atoms with Gasteiger partial charge in [-0.25, -0.2) is 4.39 Å². The largest absolute Gasteiger partial charge is 0.484 e. The minimum absolute atomic E-state index is 0.276. The normalized spacial score (nSPS) is 10.8. The average molecular weight is 255 g/mol. The Kier molecular flexibility index (Phi) is 2.95. The second-order valence-electron chi connectivity index (χ2n) is 4.55. The van der Waals surface area contributed by atoms with Gasteiger partial charge in [-0.1, -0.05) is 30.3 Å². The van der Waals surface area contributed by atoms with Crippen LogP contribution >= 0.6 is 0 Å². The van der Waals surface area contributed by atoms with Crippen molar-refractivity contribution in [3.63, 3.8) is 0 Å². The SMILES string of the molecule is Cc1cccc2cc(COc3ccccc3F)[nH]c12. The Morgan fingerprint density at radius 2 is 1.95 bits per heavy atom. The van der Waals surface area contributed by atoms with Gasteiger partial charge in [-0.05, 0) is 30.7 Å². The quantitative estimate of drug-likeness (QED) is 0.745. The van der Waals surface area contributed by atoms with E-state index in [1.54, 1.807) is 18.2 Å². The molecule has 3 aromatic rings. The number of benzene rings is 2. The van der Waals surface area contributed by atoms with Gasteiger partial charge in [-0.15, -0.1) is 0 Å². The molecule has 0 amide bonds. The summed E-state index contributed by atoms with van der Waals surface area (Å²) in [6.07, 6.45) is 0. The van der Waals surface area contributed by atoms with E-state index in [-0.39, 0.29) is 11.6 Å². The van der Waals surface area contributed by atoms with E-state index in [1.165, 1.54) is 11.6 Å². The number of fused-ring (bicyclic) bond motifs is 1. The monoisotopic (exact) mass is 255 g/mol. The molecular formula is C16H14FNO. The van der Waals surface area contributed by atoms with Crippen LogP contribution in [0.3, 0.4) is 0 Å². The second-order valence-corrected chi connectivity index (χ2v) is 4.55. The van der Waals surface area contributed by atoms with Crippen molar-refractivity contribution in [3.05, 3.63) is 65.6 Å². The number of aromatic nitrogens is 1. The molecule has 3 rings (SSSR count). The Morgan fingerprint density at radius 3 is 2.74 bits per heavy atom. The van der Waals surface area contributed by atoms with E-state index in [1.807, 2.05) is 18.2 Å². The number of rotatable bonds is 3. The van der Waals surface area contributed by atoms with Crippen LogP contribution in [-0.4, -0.2) is 4.98 Å². The van der Waals surface area contributed by atoms with Gasteiger partial charge in [0.05, 0.1) is 5.69 Å². The van der Waals surface area contributed by atoms with Crippen molar-refractivity contribution in [2.75, 3.05) is 0 Å². The zero-order valence-corrected chi connectivity index (χ0v) is 10.6. The van der Waals surface area contributed by atoms with Crippen molar-refractivity contribution >= 4 is 10.9 Å². The zero-order chi connectivity index (χ0) is 13.2. The van der Waals surface area contributed by atoms with E-state index in [2.05, 4.69) is 18.0 Å². The molecule has 0 spiro atoms. The van der Waals surface area contributed by atoms with E-state index < -0.39 is 0 Å². The van der Waals surface area contributed by atoms with Gasteiger partial charge in [-0.3, -0.25) is 0 Å². The molecule has 1 N–H and O–H groups in total. The predicted octanol–water partition coefficient (Wildman–Crippen LogP) is 4.19. The minimum atomic E-state index is -0.338. The maximum absolute atomic E-state index is 13.4. The molecule has 0 radical (unpaired) electrons. The summed E-state index contributed by atoms with van der Waals surface area (Å²) < 4.78 is 18.9. The van der Waals surface area contributed by atoms with Gasteiger partial charge in [0.25, 0.3) is 0 Å².